The van der Waals surface area contributed by atoms with Gasteiger partial charge in [-0.3, -0.25) is 4.79 Å². The Morgan fingerprint density at radius 3 is 2.43 bits per heavy atom. The summed E-state index contributed by atoms with van der Waals surface area (Å²) in [7, 11) is -4.09. The first-order valence-electron chi connectivity index (χ1n) is 10.7. The molecule has 10 heteroatoms. The summed E-state index contributed by atoms with van der Waals surface area (Å²) in [4.78, 5) is 12.9. The molecule has 0 saturated heterocycles. The van der Waals surface area contributed by atoms with Crippen molar-refractivity contribution >= 4 is 15.8 Å². The van der Waals surface area contributed by atoms with E-state index in [4.69, 9.17) is 14.6 Å². The molecule has 0 aromatic heterocycles. The lowest BCUT2D eigenvalue weighted by molar-refractivity contribution is -0.137. The van der Waals surface area contributed by atoms with Crippen molar-refractivity contribution in [2.75, 3.05) is 6.79 Å². The van der Waals surface area contributed by atoms with E-state index in [1.807, 2.05) is 0 Å². The highest BCUT2D eigenvalue weighted by molar-refractivity contribution is 7.89. The summed E-state index contributed by atoms with van der Waals surface area (Å²) in [5.41, 5.74) is -0.860. The van der Waals surface area contributed by atoms with E-state index in [0.29, 0.717) is 24.3 Å². The second-order valence-electron chi connectivity index (χ2n) is 8.70. The molecule has 1 aliphatic carbocycles. The van der Waals surface area contributed by atoms with Gasteiger partial charge in [0, 0.05) is 9.27 Å². The number of fused-ring (bicyclic) bond motifs is 1. The number of hydrogen-bond acceptors (Lipinski definition) is 5. The Balaban J connectivity index is 0.00000190. The number of carbonyl (C=O) groups excluding carboxylic acids is 1. The maximum atomic E-state index is 14.0. The number of ether oxygens (including phenoxy) is 2. The number of sulfonamides is 1. The molecule has 1 heterocycles. The lowest BCUT2D eigenvalue weighted by Gasteiger charge is -2.18. The van der Waals surface area contributed by atoms with Crippen molar-refractivity contribution in [2.24, 2.45) is 5.14 Å². The Morgan fingerprint density at radius 2 is 1.74 bits per heavy atom. The van der Waals surface area contributed by atoms with Crippen LogP contribution in [-0.2, 0) is 32.8 Å². The maximum absolute atomic E-state index is 14.0. The van der Waals surface area contributed by atoms with Gasteiger partial charge in [0.1, 0.15) is 5.78 Å². The van der Waals surface area contributed by atoms with Gasteiger partial charge in [-0.1, -0.05) is 30.3 Å². The van der Waals surface area contributed by atoms with Crippen molar-refractivity contribution in [1.82, 2.24) is 0 Å². The molecule has 2 aliphatic rings. The van der Waals surface area contributed by atoms with Crippen LogP contribution in [-0.4, -0.2) is 21.0 Å². The fourth-order valence-electron chi connectivity index (χ4n) is 4.43. The molecule has 186 valence electrons. The molecular weight excluding hydrogens is 483 g/mol. The predicted molar refractivity (Wildman–Crippen MR) is 125 cm³/mol. The van der Waals surface area contributed by atoms with Crippen LogP contribution in [0.5, 0.6) is 11.5 Å². The zero-order valence-corrected chi connectivity index (χ0v) is 19.1. The first kappa shape index (κ1) is 23.4. The van der Waals surface area contributed by atoms with E-state index >= 15 is 0 Å². The molecule has 1 aliphatic heterocycles. The third-order valence-corrected chi connectivity index (χ3v) is 7.35. The van der Waals surface area contributed by atoms with E-state index in [-0.39, 0.29) is 43.4 Å². The van der Waals surface area contributed by atoms with E-state index in [1.54, 1.807) is 18.2 Å². The highest BCUT2D eigenvalue weighted by Gasteiger charge is 2.51. The summed E-state index contributed by atoms with van der Waals surface area (Å²) >= 11 is 0. The van der Waals surface area contributed by atoms with Crippen molar-refractivity contribution in [1.29, 1.82) is 0 Å². The molecule has 3 aromatic rings. The van der Waals surface area contributed by atoms with E-state index in [2.05, 4.69) is 0 Å². The monoisotopic (exact) mass is 507 g/mol. The van der Waals surface area contributed by atoms with Crippen molar-refractivity contribution in [3.8, 4) is 22.6 Å². The summed E-state index contributed by atoms with van der Waals surface area (Å²) in [5.74, 6) is 0.967. The van der Waals surface area contributed by atoms with Gasteiger partial charge in [-0.05, 0) is 65.4 Å². The van der Waals surface area contributed by atoms with Crippen LogP contribution in [0, 0.1) is 0 Å². The number of hydrogen-bond donors (Lipinski definition) is 1. The molecular formula is C25H24F3NO5S. The lowest BCUT2D eigenvalue weighted by atomic mass is 9.87. The Labute approximate surface area is 202 Å². The number of alkyl halides is 3. The van der Waals surface area contributed by atoms with Gasteiger partial charge in [0.05, 0.1) is 15.9 Å². The Kier molecular flexibility index (Phi) is 5.41. The number of rotatable bonds is 6. The van der Waals surface area contributed by atoms with Crippen molar-refractivity contribution in [3.05, 3.63) is 77.4 Å². The summed E-state index contributed by atoms with van der Waals surface area (Å²) in [6.45, 7) is 0.104. The second-order valence-corrected chi connectivity index (χ2v) is 10.3. The minimum atomic E-state index is -4.72. The highest BCUT2D eigenvalue weighted by Crippen LogP contribution is 2.51. The zero-order chi connectivity index (χ0) is 25.0. The molecule has 0 radical (unpaired) electrons. The van der Waals surface area contributed by atoms with Crippen LogP contribution < -0.4 is 14.6 Å². The third-order valence-electron chi connectivity index (χ3n) is 6.44. The van der Waals surface area contributed by atoms with Gasteiger partial charge >= 0.3 is 6.18 Å². The highest BCUT2D eigenvalue weighted by atomic mass is 32.2. The minimum Gasteiger partial charge on any atom is -0.454 e. The van der Waals surface area contributed by atoms with Gasteiger partial charge in [-0.15, -0.1) is 0 Å². The number of halogens is 3. The van der Waals surface area contributed by atoms with Crippen molar-refractivity contribution in [3.63, 3.8) is 0 Å². The summed E-state index contributed by atoms with van der Waals surface area (Å²) in [6.07, 6.45) is -3.68. The van der Waals surface area contributed by atoms with Gasteiger partial charge in [0.2, 0.25) is 16.8 Å². The Morgan fingerprint density at radius 1 is 1.00 bits per heavy atom. The average Bonchev–Trinajstić information content (AvgIpc) is 3.49. The molecule has 0 amide bonds. The van der Waals surface area contributed by atoms with Gasteiger partial charge in [0.15, 0.2) is 11.5 Å². The quantitative estimate of drug-likeness (QED) is 0.502. The zero-order valence-electron chi connectivity index (χ0n) is 18.3. The van der Waals surface area contributed by atoms with Crippen LogP contribution >= 0.6 is 0 Å². The van der Waals surface area contributed by atoms with Gasteiger partial charge < -0.3 is 9.47 Å². The lowest BCUT2D eigenvalue weighted by Crippen LogP contribution is -2.22. The number of primary sulfonamides is 1. The first-order valence-corrected chi connectivity index (χ1v) is 12.3. The molecule has 2 N–H and O–H groups in total. The largest absolute Gasteiger partial charge is 0.454 e. The molecule has 0 atom stereocenters. The van der Waals surface area contributed by atoms with Crippen LogP contribution in [0.25, 0.3) is 11.1 Å². The normalized spacial score (nSPS) is 16.2. The molecule has 6 nitrogen and oxygen atoms in total. The number of benzene rings is 3. The van der Waals surface area contributed by atoms with Crippen LogP contribution in [0.3, 0.4) is 0 Å². The topological polar surface area (TPSA) is 95.7 Å². The van der Waals surface area contributed by atoms with E-state index in [1.165, 1.54) is 30.3 Å². The molecule has 1 saturated carbocycles. The number of nitrogens with two attached hydrogens (primary N) is 1. The molecule has 0 spiro atoms. The third kappa shape index (κ3) is 4.39. The Hall–Kier alpha value is -3.37. The summed E-state index contributed by atoms with van der Waals surface area (Å²) in [5, 5.41) is 5.13. The maximum Gasteiger partial charge on any atom is 0.417 e. The van der Waals surface area contributed by atoms with Crippen LogP contribution in [0.15, 0.2) is 65.6 Å². The fourth-order valence-corrected chi connectivity index (χ4v) is 4.99. The van der Waals surface area contributed by atoms with Crippen molar-refractivity contribution < 1.29 is 38.7 Å². The van der Waals surface area contributed by atoms with Crippen LogP contribution in [0.4, 0.5) is 13.2 Å². The van der Waals surface area contributed by atoms with Crippen LogP contribution in [0.2, 0.25) is 0 Å². The molecule has 3 aromatic carbocycles. The van der Waals surface area contributed by atoms with Gasteiger partial charge in [-0.25, -0.2) is 13.6 Å². The molecule has 1 fully saturated rings. The van der Waals surface area contributed by atoms with Crippen molar-refractivity contribution in [2.45, 2.75) is 35.7 Å². The first-order chi connectivity index (χ1) is 16.5. The number of ketones is 1. The predicted octanol–water partition coefficient (Wildman–Crippen LogP) is 5.08. The molecule has 35 heavy (non-hydrogen) atoms. The molecule has 0 bridgehead atoms. The minimum absolute atomic E-state index is 0. The van der Waals surface area contributed by atoms with Crippen LogP contribution in [0.1, 0.15) is 32.4 Å². The molecule has 5 rings (SSSR count). The van der Waals surface area contributed by atoms with Gasteiger partial charge in [0.25, 0.3) is 0 Å². The number of carbonyl (C=O) groups is 1. The Bertz CT molecular complexity index is 1460. The SMILES string of the molecule is NS(=O)(=O)c1cccc(-c2ccc(CC(=O)C3(c4ccc5c(c4)OCO5)CC3)cc2C(F)(F)F)c1.[HH].[HH]. The smallest absolute Gasteiger partial charge is 0.417 e. The summed E-state index contributed by atoms with van der Waals surface area (Å²) < 4.78 is 75.9. The standard InChI is InChI=1S/C25H20F3NO5S.2H2/c26-25(27,28)20-10-15(4-6-19(20)16-2-1-3-18(12-16)35(29,31)32)11-23(30)24(8-9-24)17-5-7-21-22(13-17)34-14-33-21;;/h1-7,10,12-13H,8-9,11,14H2,(H2,29,31,32);2*1H. The number of Topliss-reactive ketones (excluding diaryl/α,β-unsaturated/α-hetero) is 1. The summed E-state index contributed by atoms with van der Waals surface area (Å²) in [6, 6.07) is 14.0. The molecule has 0 unspecified atom stereocenters. The average molecular weight is 508 g/mol. The van der Waals surface area contributed by atoms with Gasteiger partial charge in [-0.2, -0.15) is 13.2 Å². The van der Waals surface area contributed by atoms with E-state index < -0.39 is 27.2 Å². The van der Waals surface area contributed by atoms with E-state index in [9.17, 15) is 26.4 Å². The fraction of sp³-hybridized carbons (Fsp3) is 0.240. The second kappa shape index (κ2) is 8.10. The van der Waals surface area contributed by atoms with E-state index in [0.717, 1.165) is 17.7 Å².